The maximum Gasteiger partial charge on any atom is 0.252 e. The summed E-state index contributed by atoms with van der Waals surface area (Å²) in [5.74, 6) is 0.431. The molecule has 33 heavy (non-hydrogen) atoms. The van der Waals surface area contributed by atoms with Crippen LogP contribution < -0.4 is 10.6 Å². The molecule has 1 aromatic heterocycles. The van der Waals surface area contributed by atoms with Crippen molar-refractivity contribution in [2.45, 2.75) is 62.7 Å². The number of hydrogen-bond donors (Lipinski definition) is 2. The highest BCUT2D eigenvalue weighted by Crippen LogP contribution is 2.28. The summed E-state index contributed by atoms with van der Waals surface area (Å²) >= 11 is 7.07. The quantitative estimate of drug-likeness (QED) is 0.425. The number of carbonyl (C=O) groups is 1. The van der Waals surface area contributed by atoms with Gasteiger partial charge in [-0.25, -0.2) is 8.42 Å². The fourth-order valence-corrected chi connectivity index (χ4v) is 7.06. The molecule has 0 bridgehead atoms. The van der Waals surface area contributed by atoms with E-state index in [1.54, 1.807) is 40.7 Å². The first-order chi connectivity index (χ1) is 15.8. The van der Waals surface area contributed by atoms with E-state index >= 15 is 0 Å². The highest BCUT2D eigenvalue weighted by atomic mass is 35.5. The molecule has 182 valence electrons. The lowest BCUT2D eigenvalue weighted by molar-refractivity contribution is 0.0951. The first kappa shape index (κ1) is 26.2. The Morgan fingerprint density at radius 2 is 1.97 bits per heavy atom. The minimum Gasteiger partial charge on any atom is -0.347 e. The van der Waals surface area contributed by atoms with Crippen molar-refractivity contribution in [1.82, 2.24) is 14.9 Å². The van der Waals surface area contributed by atoms with Gasteiger partial charge in [-0.3, -0.25) is 4.79 Å². The van der Waals surface area contributed by atoms with E-state index in [4.69, 9.17) is 11.6 Å². The van der Waals surface area contributed by atoms with E-state index in [0.717, 1.165) is 24.3 Å². The van der Waals surface area contributed by atoms with Crippen LogP contribution in [0.4, 0.5) is 0 Å². The summed E-state index contributed by atoms with van der Waals surface area (Å²) < 4.78 is 28.2. The topological polar surface area (TPSA) is 78.5 Å². The zero-order valence-corrected chi connectivity index (χ0v) is 21.7. The van der Waals surface area contributed by atoms with E-state index < -0.39 is 10.0 Å². The Hall–Kier alpha value is -1.45. The number of benzene rings is 1. The van der Waals surface area contributed by atoms with Crippen molar-refractivity contribution in [2.24, 2.45) is 5.92 Å². The first-order valence-electron chi connectivity index (χ1n) is 11.7. The lowest BCUT2D eigenvalue weighted by Crippen LogP contribution is -2.37. The van der Waals surface area contributed by atoms with Crippen LogP contribution in [0, 0.1) is 5.92 Å². The third kappa shape index (κ3) is 7.26. The number of unbranched alkanes of at least 4 members (excludes halogenated alkanes) is 1. The SMILES string of the molecule is CCCCC(CC)CNC1CCN(S(=O)(=O)c2ccc(CNC(=O)c3ccc(Cl)cc3)s2)C1. The molecule has 1 aromatic carbocycles. The number of amides is 1. The minimum atomic E-state index is -3.52. The molecule has 1 aliphatic heterocycles. The van der Waals surface area contributed by atoms with Crippen LogP contribution in [-0.4, -0.2) is 44.3 Å². The van der Waals surface area contributed by atoms with Crippen LogP contribution in [-0.2, 0) is 16.6 Å². The molecule has 0 aliphatic carbocycles. The molecule has 1 fully saturated rings. The van der Waals surface area contributed by atoms with Crippen LogP contribution >= 0.6 is 22.9 Å². The number of nitrogens with one attached hydrogen (secondary N) is 2. The van der Waals surface area contributed by atoms with Gasteiger partial charge >= 0.3 is 0 Å². The second-order valence-corrected chi connectivity index (χ2v) is 12.4. The molecule has 3 rings (SSSR count). The fraction of sp³-hybridized carbons (Fsp3) is 0.542. The monoisotopic (exact) mass is 511 g/mol. The van der Waals surface area contributed by atoms with Crippen molar-refractivity contribution in [3.05, 3.63) is 51.9 Å². The van der Waals surface area contributed by atoms with Crippen LogP contribution in [0.5, 0.6) is 0 Å². The van der Waals surface area contributed by atoms with Crippen LogP contribution in [0.2, 0.25) is 5.02 Å². The number of sulfonamides is 1. The fourth-order valence-electron chi connectivity index (χ4n) is 3.98. The Bertz CT molecular complexity index is 1010. The van der Waals surface area contributed by atoms with Gasteiger partial charge in [-0.05, 0) is 61.7 Å². The molecule has 6 nitrogen and oxygen atoms in total. The summed E-state index contributed by atoms with van der Waals surface area (Å²) in [6.45, 7) is 6.70. The number of thiophene rings is 1. The van der Waals surface area contributed by atoms with Gasteiger partial charge in [0.2, 0.25) is 0 Å². The third-order valence-electron chi connectivity index (χ3n) is 6.15. The van der Waals surface area contributed by atoms with Gasteiger partial charge in [0, 0.05) is 34.6 Å². The van der Waals surface area contributed by atoms with E-state index in [1.807, 2.05) is 0 Å². The van der Waals surface area contributed by atoms with E-state index in [2.05, 4.69) is 24.5 Å². The molecule has 1 aliphatic rings. The van der Waals surface area contributed by atoms with Gasteiger partial charge in [0.05, 0.1) is 6.54 Å². The molecule has 1 amide bonds. The van der Waals surface area contributed by atoms with Crippen LogP contribution in [0.3, 0.4) is 0 Å². The lowest BCUT2D eigenvalue weighted by Gasteiger charge is -2.20. The van der Waals surface area contributed by atoms with Crippen LogP contribution in [0.25, 0.3) is 0 Å². The molecular formula is C24H34ClN3O3S2. The summed E-state index contributed by atoms with van der Waals surface area (Å²) in [4.78, 5) is 13.1. The highest BCUT2D eigenvalue weighted by Gasteiger charge is 2.33. The summed E-state index contributed by atoms with van der Waals surface area (Å²) in [6.07, 6.45) is 5.65. The molecule has 2 aromatic rings. The molecule has 2 atom stereocenters. The maximum absolute atomic E-state index is 13.1. The van der Waals surface area contributed by atoms with Crippen molar-refractivity contribution in [3.8, 4) is 0 Å². The van der Waals surface area contributed by atoms with Crippen molar-refractivity contribution in [1.29, 1.82) is 0 Å². The number of carbonyl (C=O) groups excluding carboxylic acids is 1. The first-order valence-corrected chi connectivity index (χ1v) is 14.3. The standard InChI is InChI=1S/C24H34ClN3O3S2/c1-3-5-6-18(4-2)15-26-21-13-14-28(17-21)33(30,31)23-12-11-22(32-23)16-27-24(29)19-7-9-20(25)10-8-19/h7-12,18,21,26H,3-6,13-17H2,1-2H3,(H,27,29). The number of hydrogen-bond acceptors (Lipinski definition) is 5. The Balaban J connectivity index is 1.51. The second kappa shape index (κ2) is 12.3. The summed E-state index contributed by atoms with van der Waals surface area (Å²) in [7, 11) is -3.52. The zero-order chi connectivity index (χ0) is 23.8. The van der Waals surface area contributed by atoms with Gasteiger partial charge in [0.15, 0.2) is 0 Å². The Labute approximate surface area is 206 Å². The van der Waals surface area contributed by atoms with E-state index in [9.17, 15) is 13.2 Å². The largest absolute Gasteiger partial charge is 0.347 e. The normalized spacial score (nSPS) is 17.8. The van der Waals surface area contributed by atoms with Gasteiger partial charge in [-0.1, -0.05) is 44.7 Å². The highest BCUT2D eigenvalue weighted by molar-refractivity contribution is 7.91. The average Bonchev–Trinajstić information content (AvgIpc) is 3.49. The van der Waals surface area contributed by atoms with Crippen LogP contribution in [0.1, 0.15) is 61.2 Å². The molecule has 1 saturated heterocycles. The lowest BCUT2D eigenvalue weighted by atomic mass is 9.99. The van der Waals surface area contributed by atoms with Crippen LogP contribution in [0.15, 0.2) is 40.6 Å². The average molecular weight is 512 g/mol. The predicted octanol–water partition coefficient (Wildman–Crippen LogP) is 4.90. The zero-order valence-electron chi connectivity index (χ0n) is 19.3. The predicted molar refractivity (Wildman–Crippen MR) is 135 cm³/mol. The molecule has 2 heterocycles. The van der Waals surface area contributed by atoms with E-state index in [-0.39, 0.29) is 18.5 Å². The van der Waals surface area contributed by atoms with Gasteiger partial charge in [0.25, 0.3) is 15.9 Å². The van der Waals surface area contributed by atoms with Gasteiger partial charge in [-0.15, -0.1) is 11.3 Å². The molecule has 9 heteroatoms. The second-order valence-electron chi connectivity index (χ2n) is 8.58. The Kier molecular flexibility index (Phi) is 9.76. The Morgan fingerprint density at radius 1 is 1.21 bits per heavy atom. The molecule has 2 unspecified atom stereocenters. The van der Waals surface area contributed by atoms with E-state index in [0.29, 0.717) is 33.8 Å². The van der Waals surface area contributed by atoms with Crippen molar-refractivity contribution in [3.63, 3.8) is 0 Å². The van der Waals surface area contributed by atoms with Crippen molar-refractivity contribution >= 4 is 38.9 Å². The minimum absolute atomic E-state index is 0.202. The van der Waals surface area contributed by atoms with Gasteiger partial charge in [0.1, 0.15) is 4.21 Å². The van der Waals surface area contributed by atoms with Crippen molar-refractivity contribution in [2.75, 3.05) is 19.6 Å². The smallest absolute Gasteiger partial charge is 0.252 e. The van der Waals surface area contributed by atoms with Gasteiger partial charge < -0.3 is 10.6 Å². The number of halogens is 1. The third-order valence-corrected chi connectivity index (χ3v) is 9.82. The van der Waals surface area contributed by atoms with Crippen molar-refractivity contribution < 1.29 is 13.2 Å². The summed E-state index contributed by atoms with van der Waals surface area (Å²) in [5, 5.41) is 7.00. The molecule has 2 N–H and O–H groups in total. The summed E-state index contributed by atoms with van der Waals surface area (Å²) in [6, 6.07) is 10.3. The molecular weight excluding hydrogens is 478 g/mol. The number of rotatable bonds is 12. The maximum atomic E-state index is 13.1. The summed E-state index contributed by atoms with van der Waals surface area (Å²) in [5.41, 5.74) is 0.513. The van der Waals surface area contributed by atoms with E-state index in [1.165, 1.54) is 30.6 Å². The molecule has 0 saturated carbocycles. The number of nitrogens with zero attached hydrogens (tertiary/aromatic N) is 1. The molecule has 0 radical (unpaired) electrons. The van der Waals surface area contributed by atoms with Gasteiger partial charge in [-0.2, -0.15) is 4.31 Å². The molecule has 0 spiro atoms. The Morgan fingerprint density at radius 3 is 2.67 bits per heavy atom.